The van der Waals surface area contributed by atoms with Crippen molar-refractivity contribution in [3.63, 3.8) is 0 Å². The van der Waals surface area contributed by atoms with Gasteiger partial charge < -0.3 is 14.8 Å². The first-order valence-electron chi connectivity index (χ1n) is 9.99. The lowest BCUT2D eigenvalue weighted by Gasteiger charge is -2.39. The molecule has 0 aliphatic carbocycles. The van der Waals surface area contributed by atoms with Crippen molar-refractivity contribution >= 4 is 11.7 Å². The molecular weight excluding hydrogens is 352 g/mol. The number of hydrogen-bond acceptors (Lipinski definition) is 3. The second-order valence-electron chi connectivity index (χ2n) is 7.76. The number of urea groups is 1. The highest BCUT2D eigenvalue weighted by molar-refractivity contribution is 5.94. The largest absolute Gasteiger partial charge is 0.497 e. The molecule has 5 heteroatoms. The van der Waals surface area contributed by atoms with Crippen molar-refractivity contribution in [2.75, 3.05) is 38.3 Å². The number of methoxy groups -OCH3 is 1. The number of carbonyl (C=O) groups excluding carboxylic acids is 1. The third-order valence-corrected chi connectivity index (χ3v) is 6.17. The van der Waals surface area contributed by atoms with Gasteiger partial charge in [0.15, 0.2) is 0 Å². The molecule has 0 bridgehead atoms. The molecule has 2 aromatic rings. The number of aryl methyl sites for hydroxylation is 1. The smallest absolute Gasteiger partial charge is 0.321 e. The van der Waals surface area contributed by atoms with Crippen LogP contribution in [0.5, 0.6) is 5.75 Å². The Morgan fingerprint density at radius 1 is 1.21 bits per heavy atom. The van der Waals surface area contributed by atoms with Gasteiger partial charge in [0.05, 0.1) is 7.11 Å². The van der Waals surface area contributed by atoms with Crippen LogP contribution < -0.4 is 15.0 Å². The van der Waals surface area contributed by atoms with E-state index in [4.69, 9.17) is 9.47 Å². The summed E-state index contributed by atoms with van der Waals surface area (Å²) in [7, 11) is 1.67. The van der Waals surface area contributed by atoms with Crippen LogP contribution in [0.3, 0.4) is 0 Å². The Morgan fingerprint density at radius 2 is 2.00 bits per heavy atom. The van der Waals surface area contributed by atoms with E-state index >= 15 is 0 Å². The van der Waals surface area contributed by atoms with Gasteiger partial charge in [-0.2, -0.15) is 0 Å². The van der Waals surface area contributed by atoms with Gasteiger partial charge in [0.1, 0.15) is 5.75 Å². The topological polar surface area (TPSA) is 50.8 Å². The number of hydrogen-bond donors (Lipinski definition) is 1. The summed E-state index contributed by atoms with van der Waals surface area (Å²) in [6.45, 7) is 4.95. The maximum absolute atomic E-state index is 13.0. The van der Waals surface area contributed by atoms with E-state index in [-0.39, 0.29) is 11.4 Å². The van der Waals surface area contributed by atoms with Crippen LogP contribution in [0.1, 0.15) is 29.5 Å². The standard InChI is InChI=1S/C23H28N2O3/c1-17-5-3-4-6-20(17)23(10-13-28-14-11-23)16-24-22(26)25-12-9-18-15-19(27-2)7-8-21(18)25/h3-8,15H,9-14,16H2,1-2H3,(H,24,26). The molecule has 2 aromatic carbocycles. The number of benzene rings is 2. The highest BCUT2D eigenvalue weighted by atomic mass is 16.5. The summed E-state index contributed by atoms with van der Waals surface area (Å²) in [6, 6.07) is 14.4. The van der Waals surface area contributed by atoms with Gasteiger partial charge in [-0.1, -0.05) is 24.3 Å². The molecule has 2 amide bonds. The molecule has 1 fully saturated rings. The minimum atomic E-state index is -0.0677. The summed E-state index contributed by atoms with van der Waals surface area (Å²) in [5.74, 6) is 0.835. The van der Waals surface area contributed by atoms with Crippen molar-refractivity contribution in [1.82, 2.24) is 5.32 Å². The summed E-state index contributed by atoms with van der Waals surface area (Å²) in [5.41, 5.74) is 4.67. The molecule has 5 nitrogen and oxygen atoms in total. The van der Waals surface area contributed by atoms with Crippen molar-refractivity contribution in [2.45, 2.75) is 31.6 Å². The first-order valence-corrected chi connectivity index (χ1v) is 9.99. The quantitative estimate of drug-likeness (QED) is 0.877. The van der Waals surface area contributed by atoms with E-state index in [0.29, 0.717) is 13.1 Å². The number of ether oxygens (including phenoxy) is 2. The van der Waals surface area contributed by atoms with Gasteiger partial charge in [0.25, 0.3) is 0 Å². The van der Waals surface area contributed by atoms with E-state index in [1.54, 1.807) is 7.11 Å². The number of anilines is 1. The highest BCUT2D eigenvalue weighted by Gasteiger charge is 2.36. The average Bonchev–Trinajstić information content (AvgIpc) is 3.16. The SMILES string of the molecule is COc1ccc2c(c1)CCN2C(=O)NCC1(c2ccccc2C)CCOCC1. The van der Waals surface area contributed by atoms with Gasteiger partial charge >= 0.3 is 6.03 Å². The molecule has 4 rings (SSSR count). The van der Waals surface area contributed by atoms with Crippen LogP contribution in [-0.2, 0) is 16.6 Å². The van der Waals surface area contributed by atoms with Crippen LogP contribution in [0.4, 0.5) is 10.5 Å². The third kappa shape index (κ3) is 3.47. The van der Waals surface area contributed by atoms with Crippen molar-refractivity contribution in [3.8, 4) is 5.75 Å². The normalized spacial score (nSPS) is 17.9. The average molecular weight is 380 g/mol. The molecular formula is C23H28N2O3. The fraction of sp³-hybridized carbons (Fsp3) is 0.435. The minimum absolute atomic E-state index is 0.0247. The monoisotopic (exact) mass is 380 g/mol. The van der Waals surface area contributed by atoms with Gasteiger partial charge in [0.2, 0.25) is 0 Å². The maximum Gasteiger partial charge on any atom is 0.321 e. The molecule has 148 valence electrons. The van der Waals surface area contributed by atoms with Gasteiger partial charge in [-0.25, -0.2) is 4.79 Å². The summed E-state index contributed by atoms with van der Waals surface area (Å²) in [4.78, 5) is 14.9. The van der Waals surface area contributed by atoms with E-state index in [0.717, 1.165) is 49.5 Å². The van der Waals surface area contributed by atoms with Gasteiger partial charge in [-0.05, 0) is 61.1 Å². The molecule has 0 saturated carbocycles. The first-order chi connectivity index (χ1) is 13.6. The Bertz CT molecular complexity index is 859. The molecule has 1 N–H and O–H groups in total. The number of fused-ring (bicyclic) bond motifs is 1. The molecule has 0 aromatic heterocycles. The Balaban J connectivity index is 1.51. The van der Waals surface area contributed by atoms with Crippen LogP contribution in [-0.4, -0.2) is 39.4 Å². The lowest BCUT2D eigenvalue weighted by Crippen LogP contribution is -2.48. The Labute approximate surface area is 166 Å². The van der Waals surface area contributed by atoms with E-state index < -0.39 is 0 Å². The van der Waals surface area contributed by atoms with E-state index in [2.05, 4.69) is 36.5 Å². The van der Waals surface area contributed by atoms with Crippen LogP contribution in [0.15, 0.2) is 42.5 Å². The predicted octanol–water partition coefficient (Wildman–Crippen LogP) is 3.82. The lowest BCUT2D eigenvalue weighted by molar-refractivity contribution is 0.0506. The van der Waals surface area contributed by atoms with E-state index in [1.165, 1.54) is 11.1 Å². The highest BCUT2D eigenvalue weighted by Crippen LogP contribution is 2.36. The number of nitrogens with zero attached hydrogens (tertiary/aromatic N) is 1. The van der Waals surface area contributed by atoms with Crippen LogP contribution >= 0.6 is 0 Å². The fourth-order valence-corrected chi connectivity index (χ4v) is 4.53. The molecule has 2 aliphatic heterocycles. The zero-order valence-corrected chi connectivity index (χ0v) is 16.7. The maximum atomic E-state index is 13.0. The van der Waals surface area contributed by atoms with Crippen molar-refractivity contribution in [3.05, 3.63) is 59.2 Å². The molecule has 0 radical (unpaired) electrons. The molecule has 28 heavy (non-hydrogen) atoms. The third-order valence-electron chi connectivity index (χ3n) is 6.17. The van der Waals surface area contributed by atoms with Crippen molar-refractivity contribution < 1.29 is 14.3 Å². The van der Waals surface area contributed by atoms with Gasteiger partial charge in [-0.15, -0.1) is 0 Å². The number of nitrogens with one attached hydrogen (secondary N) is 1. The number of amides is 2. The number of rotatable bonds is 4. The molecule has 2 aliphatic rings. The minimum Gasteiger partial charge on any atom is -0.497 e. The predicted molar refractivity (Wildman–Crippen MR) is 110 cm³/mol. The zero-order chi connectivity index (χ0) is 19.6. The second-order valence-corrected chi connectivity index (χ2v) is 7.76. The zero-order valence-electron chi connectivity index (χ0n) is 16.7. The summed E-state index contributed by atoms with van der Waals surface area (Å²) >= 11 is 0. The molecule has 0 unspecified atom stereocenters. The first kappa shape index (κ1) is 18.8. The van der Waals surface area contributed by atoms with E-state index in [1.807, 2.05) is 23.1 Å². The second kappa shape index (κ2) is 7.84. The van der Waals surface area contributed by atoms with Crippen molar-refractivity contribution in [1.29, 1.82) is 0 Å². The van der Waals surface area contributed by atoms with Crippen molar-refractivity contribution in [2.24, 2.45) is 0 Å². The fourth-order valence-electron chi connectivity index (χ4n) is 4.53. The molecule has 2 heterocycles. The van der Waals surface area contributed by atoms with Gasteiger partial charge in [-0.3, -0.25) is 4.90 Å². The van der Waals surface area contributed by atoms with Crippen LogP contribution in [0.25, 0.3) is 0 Å². The molecule has 1 saturated heterocycles. The Kier molecular flexibility index (Phi) is 5.27. The lowest BCUT2D eigenvalue weighted by atomic mass is 9.72. The summed E-state index contributed by atoms with van der Waals surface area (Å²) < 4.78 is 10.9. The Hall–Kier alpha value is -2.53. The molecule has 0 atom stereocenters. The molecule has 0 spiro atoms. The summed E-state index contributed by atoms with van der Waals surface area (Å²) in [5, 5.41) is 3.23. The Morgan fingerprint density at radius 3 is 2.75 bits per heavy atom. The van der Waals surface area contributed by atoms with Crippen LogP contribution in [0, 0.1) is 6.92 Å². The van der Waals surface area contributed by atoms with E-state index in [9.17, 15) is 4.79 Å². The van der Waals surface area contributed by atoms with Crippen LogP contribution in [0.2, 0.25) is 0 Å². The van der Waals surface area contributed by atoms with Gasteiger partial charge in [0, 0.05) is 37.4 Å². The summed E-state index contributed by atoms with van der Waals surface area (Å²) in [6.07, 6.45) is 2.70. The number of carbonyl (C=O) groups is 1.